The number of thiophene rings is 2. The first kappa shape index (κ1) is 18.8. The van der Waals surface area contributed by atoms with Crippen LogP contribution in [0.25, 0.3) is 21.3 Å². The number of fused-ring (bicyclic) bond motifs is 1. The van der Waals surface area contributed by atoms with E-state index in [4.69, 9.17) is 0 Å². The van der Waals surface area contributed by atoms with Gasteiger partial charge in [-0.2, -0.15) is 0 Å². The summed E-state index contributed by atoms with van der Waals surface area (Å²) in [5.41, 5.74) is 2.29. The van der Waals surface area contributed by atoms with Crippen molar-refractivity contribution in [2.75, 3.05) is 12.3 Å². The van der Waals surface area contributed by atoms with E-state index in [0.29, 0.717) is 5.75 Å². The molecule has 4 nitrogen and oxygen atoms in total. The lowest BCUT2D eigenvalue weighted by Gasteiger charge is -2.23. The van der Waals surface area contributed by atoms with Crippen LogP contribution >= 0.6 is 34.4 Å². The van der Waals surface area contributed by atoms with Crippen molar-refractivity contribution in [3.63, 3.8) is 0 Å². The summed E-state index contributed by atoms with van der Waals surface area (Å²) in [4.78, 5) is 26.3. The van der Waals surface area contributed by atoms with Gasteiger partial charge in [0.2, 0.25) is 5.91 Å². The van der Waals surface area contributed by atoms with Crippen LogP contribution in [0.2, 0.25) is 0 Å². The Labute approximate surface area is 181 Å². The highest BCUT2D eigenvalue weighted by atomic mass is 32.2. The molecule has 146 valence electrons. The summed E-state index contributed by atoms with van der Waals surface area (Å²) in [6.07, 6.45) is 3.72. The summed E-state index contributed by atoms with van der Waals surface area (Å²) in [5, 5.41) is 6.16. The molecule has 0 saturated carbocycles. The molecule has 1 fully saturated rings. The molecule has 0 aliphatic carbocycles. The van der Waals surface area contributed by atoms with Crippen molar-refractivity contribution in [2.24, 2.45) is 0 Å². The number of hydrogen-bond acceptors (Lipinski definition) is 6. The molecule has 1 saturated heterocycles. The van der Waals surface area contributed by atoms with E-state index in [1.165, 1.54) is 16.6 Å². The minimum atomic E-state index is 0.189. The maximum absolute atomic E-state index is 13.0. The molecular formula is C22H19N3OS3. The van der Waals surface area contributed by atoms with Crippen LogP contribution in [0.1, 0.15) is 23.8 Å². The van der Waals surface area contributed by atoms with Gasteiger partial charge in [0.25, 0.3) is 0 Å². The number of carbonyl (C=O) groups is 1. The molecule has 1 atom stereocenters. The van der Waals surface area contributed by atoms with E-state index in [0.717, 1.165) is 45.8 Å². The average molecular weight is 438 g/mol. The Balaban J connectivity index is 1.38. The summed E-state index contributed by atoms with van der Waals surface area (Å²) in [6, 6.07) is 14.7. The summed E-state index contributed by atoms with van der Waals surface area (Å²) in [7, 11) is 0. The third kappa shape index (κ3) is 3.70. The van der Waals surface area contributed by atoms with Crippen LogP contribution in [0.4, 0.5) is 0 Å². The maximum atomic E-state index is 13.0. The van der Waals surface area contributed by atoms with Gasteiger partial charge in [0, 0.05) is 22.4 Å². The van der Waals surface area contributed by atoms with Crippen molar-refractivity contribution < 1.29 is 4.79 Å². The van der Waals surface area contributed by atoms with Crippen molar-refractivity contribution in [3.05, 3.63) is 64.4 Å². The van der Waals surface area contributed by atoms with Crippen molar-refractivity contribution in [1.29, 1.82) is 0 Å². The zero-order valence-corrected chi connectivity index (χ0v) is 18.1. The second-order valence-electron chi connectivity index (χ2n) is 6.92. The minimum Gasteiger partial charge on any atom is -0.334 e. The first-order chi connectivity index (χ1) is 14.3. The predicted octanol–water partition coefficient (Wildman–Crippen LogP) is 5.88. The van der Waals surface area contributed by atoms with E-state index in [1.807, 2.05) is 23.1 Å². The number of thioether (sulfide) groups is 1. The number of aromatic nitrogens is 2. The zero-order valence-electron chi connectivity index (χ0n) is 15.7. The third-order valence-electron chi connectivity index (χ3n) is 5.20. The Hall–Kier alpha value is -2.22. The van der Waals surface area contributed by atoms with Gasteiger partial charge in [0.1, 0.15) is 16.2 Å². The summed E-state index contributed by atoms with van der Waals surface area (Å²) >= 11 is 4.89. The van der Waals surface area contributed by atoms with Gasteiger partial charge in [-0.25, -0.2) is 9.97 Å². The van der Waals surface area contributed by atoms with E-state index < -0.39 is 0 Å². The SMILES string of the molecule is O=C(CSc1ncnc2scc(-c3ccccc3)c12)N1CCC[C@H]1c1cccs1. The highest BCUT2D eigenvalue weighted by molar-refractivity contribution is 8.00. The van der Waals surface area contributed by atoms with E-state index in [1.54, 1.807) is 29.0 Å². The number of hydrogen-bond donors (Lipinski definition) is 0. The Morgan fingerprint density at radius 1 is 1.14 bits per heavy atom. The van der Waals surface area contributed by atoms with E-state index in [2.05, 4.69) is 45.0 Å². The molecule has 3 aromatic heterocycles. The number of benzene rings is 1. The first-order valence-corrected chi connectivity index (χ1v) is 12.3. The van der Waals surface area contributed by atoms with E-state index in [9.17, 15) is 4.79 Å². The monoisotopic (exact) mass is 437 g/mol. The van der Waals surface area contributed by atoms with Crippen LogP contribution < -0.4 is 0 Å². The molecule has 4 heterocycles. The molecule has 0 spiro atoms. The molecule has 0 bridgehead atoms. The Morgan fingerprint density at radius 3 is 2.86 bits per heavy atom. The van der Waals surface area contributed by atoms with Crippen LogP contribution in [0, 0.1) is 0 Å². The van der Waals surface area contributed by atoms with Crippen molar-refractivity contribution in [2.45, 2.75) is 23.9 Å². The quantitative estimate of drug-likeness (QED) is 0.289. The largest absolute Gasteiger partial charge is 0.334 e. The van der Waals surface area contributed by atoms with Gasteiger partial charge in [-0.3, -0.25) is 4.79 Å². The minimum absolute atomic E-state index is 0.189. The molecule has 29 heavy (non-hydrogen) atoms. The standard InChI is InChI=1S/C22H19N3OS3/c26-19(25-10-4-8-17(25)18-9-5-11-27-18)13-29-22-20-16(15-6-2-1-3-7-15)12-28-21(20)23-14-24-22/h1-3,5-7,9,11-12,14,17H,4,8,10,13H2/t17-/m0/s1. The van der Waals surface area contributed by atoms with Crippen LogP contribution in [0.3, 0.4) is 0 Å². The topological polar surface area (TPSA) is 46.1 Å². The Bertz CT molecular complexity index is 1120. The second-order valence-corrected chi connectivity index (χ2v) is 9.73. The zero-order chi connectivity index (χ0) is 19.6. The lowest BCUT2D eigenvalue weighted by Crippen LogP contribution is -2.31. The molecule has 0 radical (unpaired) electrons. The second kappa shape index (κ2) is 8.26. The molecule has 0 N–H and O–H groups in total. The smallest absolute Gasteiger partial charge is 0.233 e. The lowest BCUT2D eigenvalue weighted by atomic mass is 10.1. The molecular weight excluding hydrogens is 418 g/mol. The van der Waals surface area contributed by atoms with Gasteiger partial charge in [-0.15, -0.1) is 22.7 Å². The summed E-state index contributed by atoms with van der Waals surface area (Å²) in [5.74, 6) is 0.590. The molecule has 4 aromatic rings. The fourth-order valence-corrected chi connectivity index (χ4v) is 6.59. The van der Waals surface area contributed by atoms with Gasteiger partial charge in [0.05, 0.1) is 17.2 Å². The van der Waals surface area contributed by atoms with Crippen LogP contribution in [0.5, 0.6) is 0 Å². The van der Waals surface area contributed by atoms with E-state index in [-0.39, 0.29) is 11.9 Å². The van der Waals surface area contributed by atoms with Gasteiger partial charge in [-0.05, 0) is 29.9 Å². The van der Waals surface area contributed by atoms with Crippen molar-refractivity contribution in [1.82, 2.24) is 14.9 Å². The van der Waals surface area contributed by atoms with Crippen LogP contribution in [0.15, 0.2) is 64.6 Å². The number of likely N-dealkylation sites (tertiary alicyclic amines) is 1. The fourth-order valence-electron chi connectivity index (χ4n) is 3.84. The predicted molar refractivity (Wildman–Crippen MR) is 122 cm³/mol. The van der Waals surface area contributed by atoms with Gasteiger partial charge >= 0.3 is 0 Å². The van der Waals surface area contributed by atoms with E-state index >= 15 is 0 Å². The third-order valence-corrected chi connectivity index (χ3v) is 8.03. The Kier molecular flexibility index (Phi) is 5.35. The summed E-state index contributed by atoms with van der Waals surface area (Å²) < 4.78 is 0. The molecule has 1 aromatic carbocycles. The van der Waals surface area contributed by atoms with Crippen molar-refractivity contribution >= 4 is 50.6 Å². The highest BCUT2D eigenvalue weighted by Gasteiger charge is 2.30. The molecule has 0 unspecified atom stereocenters. The normalized spacial score (nSPS) is 16.6. The maximum Gasteiger partial charge on any atom is 0.233 e. The lowest BCUT2D eigenvalue weighted by molar-refractivity contribution is -0.129. The molecule has 7 heteroatoms. The number of nitrogens with zero attached hydrogens (tertiary/aromatic N) is 3. The Morgan fingerprint density at radius 2 is 2.03 bits per heavy atom. The van der Waals surface area contributed by atoms with Crippen LogP contribution in [-0.2, 0) is 4.79 Å². The summed E-state index contributed by atoms with van der Waals surface area (Å²) in [6.45, 7) is 0.842. The van der Waals surface area contributed by atoms with Gasteiger partial charge in [-0.1, -0.05) is 48.2 Å². The molecule has 1 aliphatic rings. The number of amides is 1. The number of carbonyl (C=O) groups excluding carboxylic acids is 1. The van der Waals surface area contributed by atoms with Gasteiger partial charge in [0.15, 0.2) is 0 Å². The highest BCUT2D eigenvalue weighted by Crippen LogP contribution is 2.39. The first-order valence-electron chi connectivity index (χ1n) is 9.54. The molecule has 1 aliphatic heterocycles. The fraction of sp³-hybridized carbons (Fsp3) is 0.227. The van der Waals surface area contributed by atoms with Crippen LogP contribution in [-0.4, -0.2) is 33.1 Å². The molecule has 1 amide bonds. The molecule has 5 rings (SSSR count). The number of rotatable bonds is 5. The average Bonchev–Trinajstić information content (AvgIpc) is 3.52. The van der Waals surface area contributed by atoms with Gasteiger partial charge < -0.3 is 4.90 Å². The van der Waals surface area contributed by atoms with Crippen molar-refractivity contribution in [3.8, 4) is 11.1 Å².